The van der Waals surface area contributed by atoms with Crippen molar-refractivity contribution in [2.24, 2.45) is 5.73 Å². The molecule has 17 heavy (non-hydrogen) atoms. The highest BCUT2D eigenvalue weighted by atomic mass is 19.4. The van der Waals surface area contributed by atoms with Crippen LogP contribution in [-0.4, -0.2) is 25.0 Å². The topological polar surface area (TPSA) is 55.5 Å². The number of hydrogen-bond donors (Lipinski definition) is 2. The minimum absolute atomic E-state index is 0.314. The van der Waals surface area contributed by atoms with Crippen molar-refractivity contribution in [2.45, 2.75) is 18.6 Å². The van der Waals surface area contributed by atoms with Gasteiger partial charge in [-0.25, -0.2) is 0 Å². The fourth-order valence-electron chi connectivity index (χ4n) is 1.40. The molecule has 1 aromatic carbocycles. The number of nitrogens with two attached hydrogens (primary N) is 1. The highest BCUT2D eigenvalue weighted by Crippen LogP contribution is 2.35. The minimum atomic E-state index is -4.57. The van der Waals surface area contributed by atoms with Gasteiger partial charge in [0.05, 0.1) is 6.61 Å². The second-order valence-corrected chi connectivity index (χ2v) is 3.66. The van der Waals surface area contributed by atoms with E-state index in [0.29, 0.717) is 18.6 Å². The lowest BCUT2D eigenvalue weighted by atomic mass is 10.0. The van der Waals surface area contributed by atoms with Crippen molar-refractivity contribution in [3.05, 3.63) is 29.3 Å². The molecule has 0 aliphatic rings. The fourth-order valence-corrected chi connectivity index (χ4v) is 1.40. The Balaban J connectivity index is 2.98. The number of hydrogen-bond acceptors (Lipinski definition) is 3. The summed E-state index contributed by atoms with van der Waals surface area (Å²) in [6, 6.07) is 1.84. The van der Waals surface area contributed by atoms with E-state index in [1.807, 2.05) is 0 Å². The zero-order valence-electron chi connectivity index (χ0n) is 9.29. The predicted octanol–water partition coefficient (Wildman–Crippen LogP) is 2.14. The van der Waals surface area contributed by atoms with Crippen LogP contribution >= 0.6 is 0 Å². The van der Waals surface area contributed by atoms with Crippen LogP contribution in [0.2, 0.25) is 0 Å². The van der Waals surface area contributed by atoms with Gasteiger partial charge >= 0.3 is 6.18 Å². The molecule has 0 saturated heterocycles. The van der Waals surface area contributed by atoms with E-state index >= 15 is 0 Å². The predicted molar refractivity (Wildman–Crippen MR) is 56.7 cm³/mol. The third-order valence-corrected chi connectivity index (χ3v) is 2.37. The molecule has 3 N–H and O–H groups in total. The van der Waals surface area contributed by atoms with Crippen LogP contribution in [0.5, 0.6) is 5.75 Å². The molecule has 0 fully saturated rings. The number of rotatable bonds is 4. The summed E-state index contributed by atoms with van der Waals surface area (Å²) in [6.45, 7) is 0.394. The van der Waals surface area contributed by atoms with Gasteiger partial charge in [-0.3, -0.25) is 0 Å². The van der Waals surface area contributed by atoms with Gasteiger partial charge in [0.1, 0.15) is 11.8 Å². The van der Waals surface area contributed by atoms with Crippen molar-refractivity contribution in [3.8, 4) is 5.75 Å². The monoisotopic (exact) mass is 249 g/mol. The van der Waals surface area contributed by atoms with Crippen molar-refractivity contribution >= 4 is 0 Å². The van der Waals surface area contributed by atoms with E-state index in [4.69, 9.17) is 10.5 Å². The first-order chi connectivity index (χ1) is 7.86. The number of aromatic hydroxyl groups is 1. The summed E-state index contributed by atoms with van der Waals surface area (Å²) in [4.78, 5) is 0. The fraction of sp³-hybridized carbons (Fsp3) is 0.455. The van der Waals surface area contributed by atoms with Crippen molar-refractivity contribution in [1.82, 2.24) is 0 Å². The number of methoxy groups -OCH3 is 1. The van der Waals surface area contributed by atoms with Crippen molar-refractivity contribution in [2.75, 3.05) is 13.7 Å². The van der Waals surface area contributed by atoms with E-state index in [0.717, 1.165) is 0 Å². The SMILES string of the molecule is COCCc1ccc(O)c([C@@H](N)C(F)(F)F)c1. The van der Waals surface area contributed by atoms with Crippen LogP contribution < -0.4 is 5.73 Å². The van der Waals surface area contributed by atoms with Crippen LogP contribution in [0.25, 0.3) is 0 Å². The summed E-state index contributed by atoms with van der Waals surface area (Å²) < 4.78 is 42.1. The van der Waals surface area contributed by atoms with Gasteiger partial charge in [-0.15, -0.1) is 0 Å². The zero-order chi connectivity index (χ0) is 13.1. The molecule has 0 aliphatic heterocycles. The quantitative estimate of drug-likeness (QED) is 0.859. The van der Waals surface area contributed by atoms with E-state index in [-0.39, 0.29) is 5.56 Å². The smallest absolute Gasteiger partial charge is 0.407 e. The summed E-state index contributed by atoms with van der Waals surface area (Å²) in [5, 5.41) is 9.38. The highest BCUT2D eigenvalue weighted by molar-refractivity contribution is 5.39. The molecule has 3 nitrogen and oxygen atoms in total. The van der Waals surface area contributed by atoms with Crippen LogP contribution in [-0.2, 0) is 11.2 Å². The number of alkyl halides is 3. The maximum atomic E-state index is 12.4. The highest BCUT2D eigenvalue weighted by Gasteiger charge is 2.39. The zero-order valence-corrected chi connectivity index (χ0v) is 9.29. The van der Waals surface area contributed by atoms with Gasteiger partial charge in [-0.05, 0) is 18.1 Å². The van der Waals surface area contributed by atoms with E-state index < -0.39 is 18.0 Å². The Hall–Kier alpha value is -1.27. The molecule has 0 bridgehead atoms. The Morgan fingerprint density at radius 2 is 2.06 bits per heavy atom. The first-order valence-electron chi connectivity index (χ1n) is 4.99. The molecule has 0 unspecified atom stereocenters. The van der Waals surface area contributed by atoms with Gasteiger partial charge in [0, 0.05) is 12.7 Å². The molecule has 1 atom stereocenters. The normalized spacial score (nSPS) is 13.7. The molecule has 1 rings (SSSR count). The summed E-state index contributed by atoms with van der Waals surface area (Å²) in [5.41, 5.74) is 5.38. The molecule has 0 spiro atoms. The van der Waals surface area contributed by atoms with E-state index in [2.05, 4.69) is 0 Å². The maximum absolute atomic E-state index is 12.4. The van der Waals surface area contributed by atoms with Gasteiger partial charge in [0.15, 0.2) is 0 Å². The molecule has 6 heteroatoms. The maximum Gasteiger partial charge on any atom is 0.407 e. The molecule has 0 heterocycles. The van der Waals surface area contributed by atoms with Crippen LogP contribution in [0.3, 0.4) is 0 Å². The van der Waals surface area contributed by atoms with Crippen molar-refractivity contribution in [1.29, 1.82) is 0 Å². The van der Waals surface area contributed by atoms with Crippen molar-refractivity contribution < 1.29 is 23.0 Å². The Morgan fingerprint density at radius 1 is 1.41 bits per heavy atom. The lowest BCUT2D eigenvalue weighted by molar-refractivity contribution is -0.149. The molecule has 0 aliphatic carbocycles. The van der Waals surface area contributed by atoms with Gasteiger partial charge in [-0.2, -0.15) is 13.2 Å². The first-order valence-corrected chi connectivity index (χ1v) is 4.99. The Morgan fingerprint density at radius 3 is 2.59 bits per heavy atom. The molecule has 1 aromatic rings. The van der Waals surface area contributed by atoms with E-state index in [9.17, 15) is 18.3 Å². The standard InChI is InChI=1S/C11H14F3NO2/c1-17-5-4-7-2-3-9(16)8(6-7)10(15)11(12,13)14/h2-3,6,10,16H,4-5,15H2,1H3/t10-/m1/s1. The third-order valence-electron chi connectivity index (χ3n) is 2.37. The van der Waals surface area contributed by atoms with Crippen LogP contribution in [0, 0.1) is 0 Å². The second-order valence-electron chi connectivity index (χ2n) is 3.66. The summed E-state index contributed by atoms with van der Waals surface area (Å²) >= 11 is 0. The second kappa shape index (κ2) is 5.37. The lowest BCUT2D eigenvalue weighted by Gasteiger charge is -2.17. The Labute approximate surface area is 97.0 Å². The average Bonchev–Trinajstić information content (AvgIpc) is 2.26. The third kappa shape index (κ3) is 3.61. The molecule has 0 amide bonds. The molecule has 96 valence electrons. The molecule has 0 radical (unpaired) electrons. The van der Waals surface area contributed by atoms with E-state index in [1.54, 1.807) is 6.07 Å². The summed E-state index contributed by atoms with van der Waals surface area (Å²) in [5.74, 6) is -0.448. The molecule has 0 aromatic heterocycles. The molecular formula is C11H14F3NO2. The minimum Gasteiger partial charge on any atom is -0.508 e. The largest absolute Gasteiger partial charge is 0.508 e. The number of phenols is 1. The van der Waals surface area contributed by atoms with Crippen LogP contribution in [0.4, 0.5) is 13.2 Å². The van der Waals surface area contributed by atoms with E-state index in [1.165, 1.54) is 19.2 Å². The van der Waals surface area contributed by atoms with Gasteiger partial charge in [0.25, 0.3) is 0 Å². The lowest BCUT2D eigenvalue weighted by Crippen LogP contribution is -2.28. The van der Waals surface area contributed by atoms with Crippen LogP contribution in [0.1, 0.15) is 17.2 Å². The Bertz CT molecular complexity index is 379. The first kappa shape index (κ1) is 13.8. The number of benzene rings is 1. The summed E-state index contributed by atoms with van der Waals surface area (Å²) in [7, 11) is 1.50. The van der Waals surface area contributed by atoms with Gasteiger partial charge < -0.3 is 15.6 Å². The number of ether oxygens (including phenoxy) is 1. The number of phenolic OH excluding ortho intramolecular Hbond substituents is 1. The van der Waals surface area contributed by atoms with Gasteiger partial charge in [-0.1, -0.05) is 12.1 Å². The molecular weight excluding hydrogens is 235 g/mol. The average molecular weight is 249 g/mol. The Kier molecular flexibility index (Phi) is 4.36. The summed E-state index contributed by atoms with van der Waals surface area (Å²) in [6.07, 6.45) is -4.11. The number of halogens is 3. The molecule has 0 saturated carbocycles. The van der Waals surface area contributed by atoms with Crippen LogP contribution in [0.15, 0.2) is 18.2 Å². The van der Waals surface area contributed by atoms with Gasteiger partial charge in [0.2, 0.25) is 0 Å². The van der Waals surface area contributed by atoms with Crippen molar-refractivity contribution in [3.63, 3.8) is 0 Å².